The van der Waals surface area contributed by atoms with Crippen molar-refractivity contribution in [2.45, 2.75) is 25.3 Å². The number of anilines is 1. The van der Waals surface area contributed by atoms with Crippen LogP contribution < -0.4 is 9.62 Å². The molecule has 2 heterocycles. The van der Waals surface area contributed by atoms with Crippen LogP contribution in [0.25, 0.3) is 0 Å². The maximum atomic E-state index is 13.7. The van der Waals surface area contributed by atoms with Crippen LogP contribution in [0.5, 0.6) is 0 Å². The summed E-state index contributed by atoms with van der Waals surface area (Å²) < 4.78 is 45.6. The van der Waals surface area contributed by atoms with Crippen LogP contribution in [-0.2, 0) is 21.4 Å². The maximum absolute atomic E-state index is 13.7. The van der Waals surface area contributed by atoms with Crippen LogP contribution in [-0.4, -0.2) is 31.0 Å². The molecule has 30 heavy (non-hydrogen) atoms. The summed E-state index contributed by atoms with van der Waals surface area (Å²) in [6.07, 6.45) is 1.09. The van der Waals surface area contributed by atoms with Gasteiger partial charge < -0.3 is 9.84 Å². The van der Waals surface area contributed by atoms with Crippen molar-refractivity contribution in [2.75, 3.05) is 10.8 Å². The molecule has 0 aliphatic rings. The molecule has 0 spiro atoms. The summed E-state index contributed by atoms with van der Waals surface area (Å²) >= 11 is 5.73. The lowest BCUT2D eigenvalue weighted by molar-refractivity contribution is -0.119. The molecule has 0 bridgehead atoms. The number of aromatic nitrogens is 2. The van der Waals surface area contributed by atoms with E-state index in [0.29, 0.717) is 16.9 Å². The van der Waals surface area contributed by atoms with Gasteiger partial charge in [0.25, 0.3) is 10.0 Å². The summed E-state index contributed by atoms with van der Waals surface area (Å²) in [5.41, 5.74) is 1.03. The molecule has 11 heteroatoms. The Morgan fingerprint density at radius 3 is 2.60 bits per heavy atom. The highest BCUT2D eigenvalue weighted by Crippen LogP contribution is 2.23. The van der Waals surface area contributed by atoms with Gasteiger partial charge in [-0.15, -0.1) is 0 Å². The molecular weight excluding hydrogens is 435 g/mol. The van der Waals surface area contributed by atoms with E-state index in [4.69, 9.17) is 16.1 Å². The summed E-state index contributed by atoms with van der Waals surface area (Å²) in [6.45, 7) is 2.69. The van der Waals surface area contributed by atoms with Gasteiger partial charge in [0.15, 0.2) is 5.82 Å². The Morgan fingerprint density at radius 1 is 1.23 bits per heavy atom. The number of nitrogens with one attached hydrogen (secondary N) is 1. The molecule has 0 unspecified atom stereocenters. The molecule has 0 saturated heterocycles. The molecule has 2 aromatic heterocycles. The molecule has 3 rings (SSSR count). The van der Waals surface area contributed by atoms with Crippen molar-refractivity contribution in [3.05, 3.63) is 70.5 Å². The molecule has 0 aliphatic carbocycles. The Labute approximate surface area is 177 Å². The molecule has 158 valence electrons. The SMILES string of the molecule is Cc1cc(N(CC(=O)NCc2ccc(C)c(F)c2)S(=O)(=O)c2ccc(Cl)nc2)no1. The first-order chi connectivity index (χ1) is 14.2. The summed E-state index contributed by atoms with van der Waals surface area (Å²) in [6, 6.07) is 8.57. The Kier molecular flexibility index (Phi) is 6.37. The van der Waals surface area contributed by atoms with Crippen molar-refractivity contribution in [3.63, 3.8) is 0 Å². The predicted molar refractivity (Wildman–Crippen MR) is 108 cm³/mol. The van der Waals surface area contributed by atoms with E-state index in [1.807, 2.05) is 0 Å². The topological polar surface area (TPSA) is 105 Å². The van der Waals surface area contributed by atoms with Gasteiger partial charge in [-0.2, -0.15) is 0 Å². The van der Waals surface area contributed by atoms with Crippen LogP contribution in [0, 0.1) is 19.7 Å². The minimum atomic E-state index is -4.18. The van der Waals surface area contributed by atoms with Gasteiger partial charge in [-0.3, -0.25) is 4.79 Å². The van der Waals surface area contributed by atoms with Crippen molar-refractivity contribution in [1.82, 2.24) is 15.5 Å². The zero-order valence-electron chi connectivity index (χ0n) is 16.1. The van der Waals surface area contributed by atoms with Gasteiger partial charge in [-0.1, -0.05) is 28.9 Å². The minimum Gasteiger partial charge on any atom is -0.360 e. The summed E-state index contributed by atoms with van der Waals surface area (Å²) in [5.74, 6) is -0.685. The molecule has 0 aliphatic heterocycles. The predicted octanol–water partition coefficient (Wildman–Crippen LogP) is 2.99. The van der Waals surface area contributed by atoms with Crippen molar-refractivity contribution in [3.8, 4) is 0 Å². The first kappa shape index (κ1) is 21.7. The lowest BCUT2D eigenvalue weighted by atomic mass is 10.1. The van der Waals surface area contributed by atoms with Gasteiger partial charge in [0.1, 0.15) is 28.2 Å². The standard InChI is InChI=1S/C19H18ClFN4O4S/c1-12-3-4-14(8-16(12)21)9-23-19(26)11-25(18-7-13(2)29-24-18)30(27,28)15-5-6-17(20)22-10-15/h3-8,10H,9,11H2,1-2H3,(H,23,26). The van der Waals surface area contributed by atoms with E-state index in [-0.39, 0.29) is 28.2 Å². The summed E-state index contributed by atoms with van der Waals surface area (Å²) in [7, 11) is -4.18. The Bertz CT molecular complexity index is 1170. The third kappa shape index (κ3) is 4.95. The third-order valence-corrected chi connectivity index (χ3v) is 6.13. The van der Waals surface area contributed by atoms with Gasteiger partial charge in [0.2, 0.25) is 5.91 Å². The number of amides is 1. The van der Waals surface area contributed by atoms with Crippen molar-refractivity contribution < 1.29 is 22.1 Å². The first-order valence-electron chi connectivity index (χ1n) is 8.76. The normalized spacial score (nSPS) is 11.3. The number of aryl methyl sites for hydroxylation is 2. The van der Waals surface area contributed by atoms with E-state index < -0.39 is 22.5 Å². The van der Waals surface area contributed by atoms with Crippen molar-refractivity contribution >= 4 is 33.3 Å². The highest BCUT2D eigenvalue weighted by Gasteiger charge is 2.29. The number of hydrogen-bond donors (Lipinski definition) is 1. The lowest BCUT2D eigenvalue weighted by Gasteiger charge is -2.21. The quantitative estimate of drug-likeness (QED) is 0.552. The van der Waals surface area contributed by atoms with Gasteiger partial charge in [0.05, 0.1) is 0 Å². The molecule has 1 amide bonds. The number of nitrogens with zero attached hydrogens (tertiary/aromatic N) is 3. The second-order valence-electron chi connectivity index (χ2n) is 6.48. The van der Waals surface area contributed by atoms with E-state index in [2.05, 4.69) is 15.5 Å². The molecule has 0 fully saturated rings. The van der Waals surface area contributed by atoms with E-state index in [0.717, 1.165) is 10.5 Å². The van der Waals surface area contributed by atoms with Crippen LogP contribution in [0.1, 0.15) is 16.9 Å². The van der Waals surface area contributed by atoms with E-state index >= 15 is 0 Å². The summed E-state index contributed by atoms with van der Waals surface area (Å²) in [5, 5.41) is 6.42. The fraction of sp³-hybridized carbons (Fsp3) is 0.211. The number of carbonyl (C=O) groups excluding carboxylic acids is 1. The van der Waals surface area contributed by atoms with Crippen LogP contribution in [0.15, 0.2) is 52.0 Å². The van der Waals surface area contributed by atoms with Crippen molar-refractivity contribution in [1.29, 1.82) is 0 Å². The molecule has 8 nitrogen and oxygen atoms in total. The molecule has 1 N–H and O–H groups in total. The van der Waals surface area contributed by atoms with E-state index in [1.165, 1.54) is 24.3 Å². The molecule has 0 saturated carbocycles. The minimum absolute atomic E-state index is 0.0320. The summed E-state index contributed by atoms with van der Waals surface area (Å²) in [4.78, 5) is 16.1. The number of pyridine rings is 1. The zero-order valence-corrected chi connectivity index (χ0v) is 17.7. The van der Waals surface area contributed by atoms with Crippen molar-refractivity contribution in [2.24, 2.45) is 0 Å². The average molecular weight is 453 g/mol. The second-order valence-corrected chi connectivity index (χ2v) is 8.73. The number of rotatable bonds is 7. The number of carbonyl (C=O) groups is 1. The molecule has 1 aromatic carbocycles. The Morgan fingerprint density at radius 2 is 2.00 bits per heavy atom. The monoisotopic (exact) mass is 452 g/mol. The highest BCUT2D eigenvalue weighted by atomic mass is 35.5. The fourth-order valence-corrected chi connectivity index (χ4v) is 3.95. The number of sulfonamides is 1. The Balaban J connectivity index is 1.81. The molecule has 0 radical (unpaired) electrons. The third-order valence-electron chi connectivity index (χ3n) is 4.17. The van der Waals surface area contributed by atoms with Crippen LogP contribution >= 0.6 is 11.6 Å². The fourth-order valence-electron chi connectivity index (χ4n) is 2.54. The van der Waals surface area contributed by atoms with Crippen LogP contribution in [0.3, 0.4) is 0 Å². The number of benzene rings is 1. The van der Waals surface area contributed by atoms with E-state index in [1.54, 1.807) is 26.0 Å². The Hall–Kier alpha value is -2.98. The second kappa shape index (κ2) is 8.80. The van der Waals surface area contributed by atoms with Gasteiger partial charge in [0, 0.05) is 18.8 Å². The average Bonchev–Trinajstić information content (AvgIpc) is 3.13. The zero-order chi connectivity index (χ0) is 21.9. The van der Waals surface area contributed by atoms with Crippen LogP contribution in [0.2, 0.25) is 5.15 Å². The highest BCUT2D eigenvalue weighted by molar-refractivity contribution is 7.92. The molecular formula is C19H18ClFN4O4S. The van der Waals surface area contributed by atoms with Crippen LogP contribution in [0.4, 0.5) is 10.2 Å². The largest absolute Gasteiger partial charge is 0.360 e. The molecule has 3 aromatic rings. The molecule has 0 atom stereocenters. The number of hydrogen-bond acceptors (Lipinski definition) is 6. The maximum Gasteiger partial charge on any atom is 0.267 e. The number of halogens is 2. The van der Waals surface area contributed by atoms with Gasteiger partial charge >= 0.3 is 0 Å². The first-order valence-corrected chi connectivity index (χ1v) is 10.6. The smallest absolute Gasteiger partial charge is 0.267 e. The van der Waals surface area contributed by atoms with Gasteiger partial charge in [-0.05, 0) is 43.2 Å². The van der Waals surface area contributed by atoms with Gasteiger partial charge in [-0.25, -0.2) is 22.1 Å². The van der Waals surface area contributed by atoms with E-state index in [9.17, 15) is 17.6 Å². The lowest BCUT2D eigenvalue weighted by Crippen LogP contribution is -2.41.